The van der Waals surface area contributed by atoms with Gasteiger partial charge in [0, 0.05) is 11.2 Å². The first-order chi connectivity index (χ1) is 8.56. The van der Waals surface area contributed by atoms with Gasteiger partial charge in [-0.15, -0.1) is 10.2 Å². The minimum atomic E-state index is 0.100. The van der Waals surface area contributed by atoms with Crippen molar-refractivity contribution in [2.75, 3.05) is 4.90 Å². The third-order valence-electron chi connectivity index (χ3n) is 3.49. The minimum absolute atomic E-state index is 0.100. The molecule has 0 radical (unpaired) electrons. The van der Waals surface area contributed by atoms with Crippen molar-refractivity contribution in [1.82, 2.24) is 20.2 Å². The van der Waals surface area contributed by atoms with Crippen molar-refractivity contribution in [2.24, 2.45) is 7.05 Å². The molecule has 18 heavy (non-hydrogen) atoms. The van der Waals surface area contributed by atoms with Gasteiger partial charge in [-0.2, -0.15) is 4.80 Å². The third-order valence-corrected chi connectivity index (χ3v) is 3.49. The van der Waals surface area contributed by atoms with Gasteiger partial charge in [-0.3, -0.25) is 0 Å². The van der Waals surface area contributed by atoms with Crippen molar-refractivity contribution < 1.29 is 0 Å². The van der Waals surface area contributed by atoms with Crippen molar-refractivity contribution in [3.05, 3.63) is 35.7 Å². The van der Waals surface area contributed by atoms with Crippen molar-refractivity contribution in [3.63, 3.8) is 0 Å². The number of benzene rings is 1. The van der Waals surface area contributed by atoms with E-state index in [1.165, 1.54) is 16.0 Å². The zero-order chi connectivity index (χ0) is 12.8. The van der Waals surface area contributed by atoms with Crippen LogP contribution in [0.4, 0.5) is 5.69 Å². The highest BCUT2D eigenvalue weighted by atomic mass is 15.6. The number of anilines is 1. The van der Waals surface area contributed by atoms with Crippen LogP contribution in [-0.4, -0.2) is 25.7 Å². The lowest BCUT2D eigenvalue weighted by atomic mass is 9.99. The Balaban J connectivity index is 1.95. The number of para-hydroxylation sites is 1. The summed E-state index contributed by atoms with van der Waals surface area (Å²) < 4.78 is 0. The molecule has 0 fully saturated rings. The van der Waals surface area contributed by atoms with Gasteiger partial charge in [-0.1, -0.05) is 18.2 Å². The van der Waals surface area contributed by atoms with Crippen LogP contribution in [0.5, 0.6) is 0 Å². The van der Waals surface area contributed by atoms with Gasteiger partial charge in [0.05, 0.1) is 13.6 Å². The molecule has 0 spiro atoms. The van der Waals surface area contributed by atoms with Gasteiger partial charge >= 0.3 is 0 Å². The molecule has 0 amide bonds. The average Bonchev–Trinajstić information content (AvgIpc) is 2.82. The molecular formula is C13H17N5. The number of fused-ring (bicyclic) bond motifs is 1. The van der Waals surface area contributed by atoms with Gasteiger partial charge in [-0.05, 0) is 37.1 Å². The fourth-order valence-corrected chi connectivity index (χ4v) is 2.64. The van der Waals surface area contributed by atoms with Crippen molar-refractivity contribution in [1.29, 1.82) is 0 Å². The van der Waals surface area contributed by atoms with Crippen LogP contribution in [0.2, 0.25) is 0 Å². The van der Waals surface area contributed by atoms with E-state index in [1.54, 1.807) is 7.05 Å². The molecule has 1 aromatic carbocycles. The largest absolute Gasteiger partial charge is 0.358 e. The first-order valence-corrected chi connectivity index (χ1v) is 6.15. The first kappa shape index (κ1) is 11.2. The quantitative estimate of drug-likeness (QED) is 0.803. The number of aryl methyl sites for hydroxylation is 1. The fraction of sp³-hybridized carbons (Fsp3) is 0.462. The number of tetrazole rings is 1. The Hall–Kier alpha value is -1.91. The molecule has 0 unspecified atom stereocenters. The second kappa shape index (κ2) is 3.80. The maximum Gasteiger partial charge on any atom is 0.194 e. The zero-order valence-electron chi connectivity index (χ0n) is 11.0. The Kier molecular flexibility index (Phi) is 2.36. The zero-order valence-corrected chi connectivity index (χ0v) is 11.0. The molecule has 2 aromatic rings. The summed E-state index contributed by atoms with van der Waals surface area (Å²) in [4.78, 5) is 3.86. The van der Waals surface area contributed by atoms with E-state index in [1.807, 2.05) is 0 Å². The Bertz CT molecular complexity index is 572. The molecule has 2 heterocycles. The SMILES string of the molecule is Cn1nnc(CN2c3ccccc3CC2(C)C)n1. The van der Waals surface area contributed by atoms with Crippen LogP contribution in [0.3, 0.4) is 0 Å². The van der Waals surface area contributed by atoms with Gasteiger partial charge in [-0.25, -0.2) is 0 Å². The van der Waals surface area contributed by atoms with Crippen LogP contribution in [0.25, 0.3) is 0 Å². The molecule has 94 valence electrons. The van der Waals surface area contributed by atoms with Crippen molar-refractivity contribution in [2.45, 2.75) is 32.4 Å². The van der Waals surface area contributed by atoms with Gasteiger partial charge in [0.2, 0.25) is 0 Å². The lowest BCUT2D eigenvalue weighted by Crippen LogP contribution is -2.40. The van der Waals surface area contributed by atoms with Crippen LogP contribution in [-0.2, 0) is 20.0 Å². The molecule has 1 aliphatic heterocycles. The minimum Gasteiger partial charge on any atom is -0.358 e. The Labute approximate surface area is 106 Å². The topological polar surface area (TPSA) is 46.8 Å². The van der Waals surface area contributed by atoms with Crippen LogP contribution in [0, 0.1) is 0 Å². The smallest absolute Gasteiger partial charge is 0.194 e. The molecule has 3 rings (SSSR count). The summed E-state index contributed by atoms with van der Waals surface area (Å²) in [5, 5.41) is 12.2. The van der Waals surface area contributed by atoms with Gasteiger partial charge < -0.3 is 4.90 Å². The molecule has 0 atom stereocenters. The van der Waals surface area contributed by atoms with E-state index in [4.69, 9.17) is 0 Å². The molecule has 0 bridgehead atoms. The summed E-state index contributed by atoms with van der Waals surface area (Å²) in [6.45, 7) is 5.21. The first-order valence-electron chi connectivity index (χ1n) is 6.15. The monoisotopic (exact) mass is 243 g/mol. The molecule has 1 aromatic heterocycles. The molecule has 0 aliphatic carbocycles. The number of aromatic nitrogens is 4. The lowest BCUT2D eigenvalue weighted by molar-refractivity contribution is 0.478. The molecule has 5 heteroatoms. The van der Waals surface area contributed by atoms with E-state index < -0.39 is 0 Å². The second-order valence-electron chi connectivity index (χ2n) is 5.40. The van der Waals surface area contributed by atoms with E-state index in [0.29, 0.717) is 6.54 Å². The van der Waals surface area contributed by atoms with Crippen molar-refractivity contribution >= 4 is 5.69 Å². The number of hydrogen-bond donors (Lipinski definition) is 0. The molecule has 1 aliphatic rings. The van der Waals surface area contributed by atoms with Crippen LogP contribution < -0.4 is 4.90 Å². The summed E-state index contributed by atoms with van der Waals surface area (Å²) in [7, 11) is 1.79. The van der Waals surface area contributed by atoms with Crippen LogP contribution in [0.15, 0.2) is 24.3 Å². The van der Waals surface area contributed by atoms with E-state index in [2.05, 4.69) is 58.4 Å². The summed E-state index contributed by atoms with van der Waals surface area (Å²) in [5.74, 6) is 0.766. The standard InChI is InChI=1S/C13H17N5/c1-13(2)8-10-6-4-5-7-11(10)18(13)9-12-14-16-17(3)15-12/h4-7H,8-9H2,1-3H3. The number of rotatable bonds is 2. The van der Waals surface area contributed by atoms with Gasteiger partial charge in [0.15, 0.2) is 5.82 Å². The van der Waals surface area contributed by atoms with Gasteiger partial charge in [0.25, 0.3) is 0 Å². The summed E-state index contributed by atoms with van der Waals surface area (Å²) in [6, 6.07) is 8.54. The summed E-state index contributed by atoms with van der Waals surface area (Å²) in [5.41, 5.74) is 2.78. The van der Waals surface area contributed by atoms with E-state index >= 15 is 0 Å². The summed E-state index contributed by atoms with van der Waals surface area (Å²) in [6.07, 6.45) is 1.06. The number of hydrogen-bond acceptors (Lipinski definition) is 4. The average molecular weight is 243 g/mol. The highest BCUT2D eigenvalue weighted by Gasteiger charge is 2.36. The molecular weight excluding hydrogens is 226 g/mol. The lowest BCUT2D eigenvalue weighted by Gasteiger charge is -2.33. The maximum absolute atomic E-state index is 4.27. The number of nitrogens with zero attached hydrogens (tertiary/aromatic N) is 5. The normalized spacial score (nSPS) is 16.9. The fourth-order valence-electron chi connectivity index (χ4n) is 2.64. The predicted molar refractivity (Wildman–Crippen MR) is 69.2 cm³/mol. The highest BCUT2D eigenvalue weighted by Crippen LogP contribution is 2.38. The molecule has 0 N–H and O–H groups in total. The molecule has 0 saturated carbocycles. The maximum atomic E-state index is 4.27. The summed E-state index contributed by atoms with van der Waals surface area (Å²) >= 11 is 0. The Morgan fingerprint density at radius 3 is 2.78 bits per heavy atom. The van der Waals surface area contributed by atoms with Gasteiger partial charge in [0.1, 0.15) is 0 Å². The second-order valence-corrected chi connectivity index (χ2v) is 5.40. The Morgan fingerprint density at radius 1 is 1.28 bits per heavy atom. The Morgan fingerprint density at radius 2 is 2.06 bits per heavy atom. The van der Waals surface area contributed by atoms with Crippen LogP contribution >= 0.6 is 0 Å². The van der Waals surface area contributed by atoms with E-state index in [0.717, 1.165) is 12.2 Å². The molecule has 5 nitrogen and oxygen atoms in total. The highest BCUT2D eigenvalue weighted by molar-refractivity contribution is 5.61. The van der Waals surface area contributed by atoms with E-state index in [-0.39, 0.29) is 5.54 Å². The molecule has 0 saturated heterocycles. The third kappa shape index (κ3) is 1.75. The van der Waals surface area contributed by atoms with E-state index in [9.17, 15) is 0 Å². The van der Waals surface area contributed by atoms with Crippen LogP contribution in [0.1, 0.15) is 25.2 Å². The van der Waals surface area contributed by atoms with Crippen molar-refractivity contribution in [3.8, 4) is 0 Å². The predicted octanol–water partition coefficient (Wildman–Crippen LogP) is 1.55.